The molecule has 0 unspecified atom stereocenters. The molecule has 1 N–H and O–H groups in total. The molecule has 24 heavy (non-hydrogen) atoms. The van der Waals surface area contributed by atoms with Gasteiger partial charge in [0, 0.05) is 0 Å². The van der Waals surface area contributed by atoms with Crippen LogP contribution < -0.4 is 0 Å². The summed E-state index contributed by atoms with van der Waals surface area (Å²) in [5.74, 6) is -3.12. The molecule has 0 bridgehead atoms. The minimum Gasteiger partial charge on any atom is -0.393 e. The summed E-state index contributed by atoms with van der Waals surface area (Å²) in [6, 6.07) is 9.55. The zero-order valence-electron chi connectivity index (χ0n) is 13.4. The van der Waals surface area contributed by atoms with Crippen molar-refractivity contribution in [3.63, 3.8) is 0 Å². The fraction of sp³-hybridized carbons (Fsp3) is 0.400. The summed E-state index contributed by atoms with van der Waals surface area (Å²) in [5.41, 5.74) is 2.17. The topological polar surface area (TPSA) is 20.2 Å². The van der Waals surface area contributed by atoms with Gasteiger partial charge in [-0.3, -0.25) is 0 Å². The summed E-state index contributed by atoms with van der Waals surface area (Å²) in [6.07, 6.45) is 5.85. The van der Waals surface area contributed by atoms with Gasteiger partial charge in [0.1, 0.15) is 0 Å². The van der Waals surface area contributed by atoms with Gasteiger partial charge in [0.25, 0.3) is 0 Å². The van der Waals surface area contributed by atoms with Crippen molar-refractivity contribution in [3.05, 3.63) is 59.4 Å². The second kappa shape index (κ2) is 7.39. The third kappa shape index (κ3) is 3.99. The van der Waals surface area contributed by atoms with Crippen LogP contribution in [0.1, 0.15) is 37.7 Å². The molecule has 1 nitrogen and oxygen atoms in total. The Morgan fingerprint density at radius 1 is 0.833 bits per heavy atom. The van der Waals surface area contributed by atoms with Crippen LogP contribution in [0.3, 0.4) is 0 Å². The van der Waals surface area contributed by atoms with E-state index in [0.717, 1.165) is 50.7 Å². The minimum atomic E-state index is -1.44. The SMILES string of the molecule is OC1CCC(CCc2ccc(-c3cc(F)c(F)c(F)c3)cc2)CC1. The van der Waals surface area contributed by atoms with Crippen molar-refractivity contribution in [2.24, 2.45) is 5.92 Å². The highest BCUT2D eigenvalue weighted by atomic mass is 19.2. The second-order valence-corrected chi connectivity index (χ2v) is 6.66. The largest absolute Gasteiger partial charge is 0.393 e. The zero-order valence-corrected chi connectivity index (χ0v) is 13.4. The van der Waals surface area contributed by atoms with Crippen molar-refractivity contribution >= 4 is 0 Å². The van der Waals surface area contributed by atoms with Crippen molar-refractivity contribution in [2.45, 2.75) is 44.6 Å². The molecular weight excluding hydrogens is 313 g/mol. The van der Waals surface area contributed by atoms with E-state index in [4.69, 9.17) is 0 Å². The first-order valence-corrected chi connectivity index (χ1v) is 8.45. The minimum absolute atomic E-state index is 0.128. The van der Waals surface area contributed by atoms with Crippen LogP contribution in [-0.4, -0.2) is 11.2 Å². The van der Waals surface area contributed by atoms with Crippen LogP contribution in [-0.2, 0) is 6.42 Å². The number of rotatable bonds is 4. The normalized spacial score (nSPS) is 21.0. The van der Waals surface area contributed by atoms with Gasteiger partial charge in [0.2, 0.25) is 0 Å². The van der Waals surface area contributed by atoms with E-state index in [0.29, 0.717) is 17.0 Å². The molecule has 1 fully saturated rings. The second-order valence-electron chi connectivity index (χ2n) is 6.66. The summed E-state index contributed by atoms with van der Waals surface area (Å²) in [6.45, 7) is 0. The molecule has 2 aromatic carbocycles. The smallest absolute Gasteiger partial charge is 0.194 e. The molecule has 0 aliphatic heterocycles. The maximum absolute atomic E-state index is 13.3. The quantitative estimate of drug-likeness (QED) is 0.757. The highest BCUT2D eigenvalue weighted by Gasteiger charge is 2.19. The third-order valence-corrected chi connectivity index (χ3v) is 4.93. The van der Waals surface area contributed by atoms with Gasteiger partial charge in [-0.2, -0.15) is 0 Å². The van der Waals surface area contributed by atoms with Crippen molar-refractivity contribution < 1.29 is 18.3 Å². The van der Waals surface area contributed by atoms with Crippen LogP contribution in [0, 0.1) is 23.4 Å². The Kier molecular flexibility index (Phi) is 5.24. The molecule has 1 saturated carbocycles. The summed E-state index contributed by atoms with van der Waals surface area (Å²) in [7, 11) is 0. The molecule has 0 heterocycles. The Bertz CT molecular complexity index is 666. The lowest BCUT2D eigenvalue weighted by atomic mass is 9.84. The van der Waals surface area contributed by atoms with E-state index in [9.17, 15) is 18.3 Å². The van der Waals surface area contributed by atoms with Gasteiger partial charge in [-0.15, -0.1) is 0 Å². The van der Waals surface area contributed by atoms with Gasteiger partial charge in [-0.1, -0.05) is 24.3 Å². The Hall–Kier alpha value is -1.81. The average molecular weight is 334 g/mol. The molecule has 0 saturated heterocycles. The molecule has 0 amide bonds. The summed E-state index contributed by atoms with van der Waals surface area (Å²) < 4.78 is 39.7. The number of benzene rings is 2. The summed E-state index contributed by atoms with van der Waals surface area (Å²) in [5, 5.41) is 9.53. The highest BCUT2D eigenvalue weighted by molar-refractivity contribution is 5.63. The van der Waals surface area contributed by atoms with E-state index < -0.39 is 17.5 Å². The molecule has 4 heteroatoms. The lowest BCUT2D eigenvalue weighted by molar-refractivity contribution is 0.106. The molecule has 0 aromatic heterocycles. The molecule has 0 radical (unpaired) electrons. The molecule has 0 atom stereocenters. The van der Waals surface area contributed by atoms with Gasteiger partial charge < -0.3 is 5.11 Å². The monoisotopic (exact) mass is 334 g/mol. The van der Waals surface area contributed by atoms with E-state index in [-0.39, 0.29) is 6.10 Å². The summed E-state index contributed by atoms with van der Waals surface area (Å²) >= 11 is 0. The Morgan fingerprint density at radius 2 is 1.42 bits per heavy atom. The van der Waals surface area contributed by atoms with Crippen LogP contribution >= 0.6 is 0 Å². The van der Waals surface area contributed by atoms with Crippen LogP contribution in [0.4, 0.5) is 13.2 Å². The van der Waals surface area contributed by atoms with Gasteiger partial charge in [-0.25, -0.2) is 13.2 Å². The highest BCUT2D eigenvalue weighted by Crippen LogP contribution is 2.29. The molecule has 128 valence electrons. The maximum Gasteiger partial charge on any atom is 0.194 e. The van der Waals surface area contributed by atoms with Crippen molar-refractivity contribution in [3.8, 4) is 11.1 Å². The maximum atomic E-state index is 13.3. The predicted molar refractivity (Wildman–Crippen MR) is 88.0 cm³/mol. The predicted octanol–water partition coefficient (Wildman–Crippen LogP) is 5.25. The van der Waals surface area contributed by atoms with Crippen LogP contribution in [0.15, 0.2) is 36.4 Å². The lowest BCUT2D eigenvalue weighted by Gasteiger charge is -2.25. The van der Waals surface area contributed by atoms with Crippen molar-refractivity contribution in [1.82, 2.24) is 0 Å². The van der Waals surface area contributed by atoms with Crippen LogP contribution in [0.2, 0.25) is 0 Å². The molecular formula is C20H21F3O. The number of hydrogen-bond acceptors (Lipinski definition) is 1. The number of halogens is 3. The number of aryl methyl sites for hydroxylation is 1. The first-order valence-electron chi connectivity index (χ1n) is 8.45. The van der Waals surface area contributed by atoms with E-state index in [2.05, 4.69) is 0 Å². The third-order valence-electron chi connectivity index (χ3n) is 4.93. The first kappa shape index (κ1) is 17.0. The average Bonchev–Trinajstić information content (AvgIpc) is 2.59. The van der Waals surface area contributed by atoms with Crippen LogP contribution in [0.5, 0.6) is 0 Å². The van der Waals surface area contributed by atoms with Crippen molar-refractivity contribution in [1.29, 1.82) is 0 Å². The van der Waals surface area contributed by atoms with Crippen molar-refractivity contribution in [2.75, 3.05) is 0 Å². The first-order chi connectivity index (χ1) is 11.5. The van der Waals surface area contributed by atoms with E-state index in [1.165, 1.54) is 5.56 Å². The van der Waals surface area contributed by atoms with Gasteiger partial charge in [0.15, 0.2) is 17.5 Å². The Balaban J connectivity index is 1.63. The molecule has 1 aliphatic rings. The lowest BCUT2D eigenvalue weighted by Crippen LogP contribution is -2.18. The fourth-order valence-corrected chi connectivity index (χ4v) is 3.39. The molecule has 2 aromatic rings. The number of aliphatic hydroxyl groups is 1. The zero-order chi connectivity index (χ0) is 17.1. The van der Waals surface area contributed by atoms with E-state index in [1.807, 2.05) is 24.3 Å². The summed E-state index contributed by atoms with van der Waals surface area (Å²) in [4.78, 5) is 0. The van der Waals surface area contributed by atoms with E-state index in [1.54, 1.807) is 0 Å². The van der Waals surface area contributed by atoms with Gasteiger partial charge in [0.05, 0.1) is 6.10 Å². The molecule has 3 rings (SSSR count). The van der Waals surface area contributed by atoms with Crippen LogP contribution in [0.25, 0.3) is 11.1 Å². The fourth-order valence-electron chi connectivity index (χ4n) is 3.39. The molecule has 0 spiro atoms. The Morgan fingerprint density at radius 3 is 2.00 bits per heavy atom. The van der Waals surface area contributed by atoms with Gasteiger partial charge in [-0.05, 0) is 73.3 Å². The Labute approximate surface area is 140 Å². The molecule has 1 aliphatic carbocycles. The number of aliphatic hydroxyl groups excluding tert-OH is 1. The van der Waals surface area contributed by atoms with Gasteiger partial charge >= 0.3 is 0 Å². The van der Waals surface area contributed by atoms with E-state index >= 15 is 0 Å². The number of hydrogen-bond donors (Lipinski definition) is 1. The standard InChI is InChI=1S/C20H21F3O/c21-18-11-16(12-19(22)20(18)23)15-7-3-13(4-8-15)1-2-14-5-9-17(24)10-6-14/h3-4,7-8,11-12,14,17,24H,1-2,5-6,9-10H2.